The van der Waals surface area contributed by atoms with E-state index in [-0.39, 0.29) is 5.41 Å². The molecule has 1 heterocycles. The Hall–Kier alpha value is -2.00. The number of hydrogen-bond donors (Lipinski definition) is 0. The lowest BCUT2D eigenvalue weighted by molar-refractivity contribution is 0.507. The zero-order valence-corrected chi connectivity index (χ0v) is 17.9. The van der Waals surface area contributed by atoms with Gasteiger partial charge >= 0.3 is 0 Å². The maximum atomic E-state index is 4.80. The monoisotopic (exact) mass is 378 g/mol. The molecular weight excluding hydrogens is 348 g/mol. The van der Waals surface area contributed by atoms with Crippen molar-refractivity contribution in [3.63, 3.8) is 0 Å². The van der Waals surface area contributed by atoms with Crippen molar-refractivity contribution in [2.24, 2.45) is 0 Å². The molecule has 0 atom stereocenters. The van der Waals surface area contributed by atoms with Gasteiger partial charge in [0.05, 0.1) is 5.69 Å². The van der Waals surface area contributed by atoms with E-state index in [2.05, 4.69) is 87.8 Å². The first-order valence-electron chi connectivity index (χ1n) is 9.91. The summed E-state index contributed by atoms with van der Waals surface area (Å²) in [5.74, 6) is 2.09. The molecule has 0 aliphatic carbocycles. The number of rotatable bonds is 7. The van der Waals surface area contributed by atoms with Crippen LogP contribution in [0.2, 0.25) is 0 Å². The summed E-state index contributed by atoms with van der Waals surface area (Å²) < 4.78 is 2.29. The third-order valence-corrected chi connectivity index (χ3v) is 6.36. The third-order valence-electron chi connectivity index (χ3n) is 5.43. The van der Waals surface area contributed by atoms with Crippen LogP contribution in [0.15, 0.2) is 59.8 Å². The minimum absolute atomic E-state index is 0.110. The minimum atomic E-state index is 0.110. The van der Waals surface area contributed by atoms with Crippen LogP contribution in [0.1, 0.15) is 52.2 Å². The maximum Gasteiger partial charge on any atom is 0.144 e. The zero-order chi connectivity index (χ0) is 19.4. The van der Waals surface area contributed by atoms with E-state index in [1.165, 1.54) is 27.3 Å². The molecule has 3 aromatic rings. The third kappa shape index (κ3) is 3.84. The SMILES string of the molecule is CCSc1cccc(CC)c1-n1ccnc1-c1ccccc1C(C)(C)CC. The Labute approximate surface area is 168 Å². The number of para-hydroxylation sites is 1. The summed E-state index contributed by atoms with van der Waals surface area (Å²) in [7, 11) is 0. The zero-order valence-electron chi connectivity index (χ0n) is 17.1. The molecule has 0 unspecified atom stereocenters. The van der Waals surface area contributed by atoms with E-state index in [4.69, 9.17) is 4.98 Å². The van der Waals surface area contributed by atoms with Gasteiger partial charge in [-0.15, -0.1) is 11.8 Å². The van der Waals surface area contributed by atoms with Gasteiger partial charge in [0.1, 0.15) is 5.82 Å². The van der Waals surface area contributed by atoms with Crippen molar-refractivity contribution in [3.05, 3.63) is 66.0 Å². The van der Waals surface area contributed by atoms with Crippen LogP contribution < -0.4 is 0 Å². The van der Waals surface area contributed by atoms with E-state index in [1.54, 1.807) is 0 Å². The molecule has 0 amide bonds. The molecular formula is C24H30N2S. The number of nitrogens with zero attached hydrogens (tertiary/aromatic N) is 2. The molecule has 2 aromatic carbocycles. The highest BCUT2D eigenvalue weighted by atomic mass is 32.2. The van der Waals surface area contributed by atoms with E-state index in [0.717, 1.165) is 24.4 Å². The second-order valence-corrected chi connectivity index (χ2v) is 8.76. The van der Waals surface area contributed by atoms with Crippen molar-refractivity contribution in [2.45, 2.75) is 57.8 Å². The highest BCUT2D eigenvalue weighted by Crippen LogP contribution is 2.37. The molecule has 0 saturated heterocycles. The lowest BCUT2D eigenvalue weighted by atomic mass is 9.79. The van der Waals surface area contributed by atoms with E-state index in [9.17, 15) is 0 Å². The van der Waals surface area contributed by atoms with Gasteiger partial charge in [-0.2, -0.15) is 0 Å². The Kier molecular flexibility index (Phi) is 6.11. The molecule has 0 N–H and O–H groups in total. The largest absolute Gasteiger partial charge is 0.298 e. The Balaban J connectivity index is 2.24. The fourth-order valence-electron chi connectivity index (χ4n) is 3.54. The minimum Gasteiger partial charge on any atom is -0.298 e. The van der Waals surface area contributed by atoms with Gasteiger partial charge in [-0.05, 0) is 41.2 Å². The van der Waals surface area contributed by atoms with Crippen molar-refractivity contribution in [3.8, 4) is 17.1 Å². The van der Waals surface area contributed by atoms with Crippen LogP contribution in [-0.4, -0.2) is 15.3 Å². The summed E-state index contributed by atoms with van der Waals surface area (Å²) >= 11 is 1.90. The molecule has 27 heavy (non-hydrogen) atoms. The van der Waals surface area contributed by atoms with Gasteiger partial charge < -0.3 is 0 Å². The van der Waals surface area contributed by atoms with Crippen LogP contribution in [0, 0.1) is 0 Å². The topological polar surface area (TPSA) is 17.8 Å². The van der Waals surface area contributed by atoms with Gasteiger partial charge in [0.15, 0.2) is 0 Å². The molecule has 0 aliphatic heterocycles. The summed E-state index contributed by atoms with van der Waals surface area (Å²) in [5, 5.41) is 0. The number of aromatic nitrogens is 2. The first-order chi connectivity index (χ1) is 13.0. The van der Waals surface area contributed by atoms with Crippen LogP contribution in [0.25, 0.3) is 17.1 Å². The Morgan fingerprint density at radius 1 is 1.00 bits per heavy atom. The molecule has 0 saturated carbocycles. The molecule has 0 bridgehead atoms. The summed E-state index contributed by atoms with van der Waals surface area (Å²) in [6, 6.07) is 15.4. The number of benzene rings is 2. The number of imidazole rings is 1. The smallest absolute Gasteiger partial charge is 0.144 e. The lowest BCUT2D eigenvalue weighted by Crippen LogP contribution is -2.17. The van der Waals surface area contributed by atoms with Gasteiger partial charge in [0.2, 0.25) is 0 Å². The van der Waals surface area contributed by atoms with Crippen molar-refractivity contribution in [1.82, 2.24) is 9.55 Å². The average Bonchev–Trinajstić information content (AvgIpc) is 3.17. The molecule has 142 valence electrons. The van der Waals surface area contributed by atoms with E-state index in [0.29, 0.717) is 0 Å². The molecule has 0 radical (unpaired) electrons. The first kappa shape index (κ1) is 19.8. The lowest BCUT2D eigenvalue weighted by Gasteiger charge is -2.26. The number of hydrogen-bond acceptors (Lipinski definition) is 2. The Bertz CT molecular complexity index is 908. The van der Waals surface area contributed by atoms with E-state index >= 15 is 0 Å². The summed E-state index contributed by atoms with van der Waals surface area (Å²) in [6.07, 6.45) is 6.14. The van der Waals surface area contributed by atoms with Crippen molar-refractivity contribution < 1.29 is 0 Å². The fraction of sp³-hybridized carbons (Fsp3) is 0.375. The van der Waals surface area contributed by atoms with Crippen LogP contribution >= 0.6 is 11.8 Å². The van der Waals surface area contributed by atoms with Gasteiger partial charge in [0, 0.05) is 22.9 Å². The van der Waals surface area contributed by atoms with Crippen LogP contribution in [-0.2, 0) is 11.8 Å². The van der Waals surface area contributed by atoms with Crippen molar-refractivity contribution >= 4 is 11.8 Å². The van der Waals surface area contributed by atoms with Gasteiger partial charge in [0.25, 0.3) is 0 Å². The fourth-order valence-corrected chi connectivity index (χ4v) is 4.39. The van der Waals surface area contributed by atoms with Gasteiger partial charge in [-0.3, -0.25) is 4.57 Å². The Morgan fingerprint density at radius 2 is 1.78 bits per heavy atom. The predicted molar refractivity (Wildman–Crippen MR) is 118 cm³/mol. The Morgan fingerprint density at radius 3 is 2.48 bits per heavy atom. The second kappa shape index (κ2) is 8.35. The van der Waals surface area contributed by atoms with Crippen molar-refractivity contribution in [1.29, 1.82) is 0 Å². The van der Waals surface area contributed by atoms with E-state index in [1.807, 2.05) is 18.0 Å². The standard InChI is InChI=1S/C24H30N2S/c1-6-18-12-11-15-21(27-8-3)22(18)26-17-16-25-23(26)19-13-9-10-14-20(19)24(4,5)7-2/h9-17H,6-8H2,1-5H3. The predicted octanol–water partition coefficient (Wildman–Crippen LogP) is 6.90. The van der Waals surface area contributed by atoms with Crippen LogP contribution in [0.3, 0.4) is 0 Å². The number of aryl methyl sites for hydroxylation is 1. The first-order valence-corrected chi connectivity index (χ1v) is 10.9. The van der Waals surface area contributed by atoms with Crippen molar-refractivity contribution in [2.75, 3.05) is 5.75 Å². The average molecular weight is 379 g/mol. The van der Waals surface area contributed by atoms with Gasteiger partial charge in [-0.25, -0.2) is 4.98 Å². The van der Waals surface area contributed by atoms with Gasteiger partial charge in [-0.1, -0.05) is 71.0 Å². The number of thioether (sulfide) groups is 1. The highest BCUT2D eigenvalue weighted by Gasteiger charge is 2.24. The maximum absolute atomic E-state index is 4.80. The van der Waals surface area contributed by atoms with E-state index < -0.39 is 0 Å². The quantitative estimate of drug-likeness (QED) is 0.416. The molecule has 0 fully saturated rings. The molecule has 3 heteroatoms. The highest BCUT2D eigenvalue weighted by molar-refractivity contribution is 7.99. The molecule has 2 nitrogen and oxygen atoms in total. The summed E-state index contributed by atoms with van der Waals surface area (Å²) in [5.41, 5.74) is 5.34. The normalized spacial score (nSPS) is 11.7. The summed E-state index contributed by atoms with van der Waals surface area (Å²) in [6.45, 7) is 11.3. The summed E-state index contributed by atoms with van der Waals surface area (Å²) in [4.78, 5) is 6.12. The van der Waals surface area contributed by atoms with Crippen LogP contribution in [0.5, 0.6) is 0 Å². The molecule has 1 aromatic heterocycles. The molecule has 3 rings (SSSR count). The molecule has 0 spiro atoms. The second-order valence-electron chi connectivity index (χ2n) is 7.45. The van der Waals surface area contributed by atoms with Crippen LogP contribution in [0.4, 0.5) is 0 Å². The molecule has 0 aliphatic rings.